The zero-order valence-corrected chi connectivity index (χ0v) is 17.0. The lowest BCUT2D eigenvalue weighted by Gasteiger charge is -2.19. The zero-order valence-electron chi connectivity index (χ0n) is 17.0. The summed E-state index contributed by atoms with van der Waals surface area (Å²) in [6.07, 6.45) is 1.88. The highest BCUT2D eigenvalue weighted by Gasteiger charge is 2.28. The molecule has 0 unspecified atom stereocenters. The molecule has 1 fully saturated rings. The number of halogens is 2. The summed E-state index contributed by atoms with van der Waals surface area (Å²) >= 11 is 0. The number of aromatic amines is 1. The van der Waals surface area contributed by atoms with Crippen LogP contribution in [0.15, 0.2) is 24.5 Å². The highest BCUT2D eigenvalue weighted by atomic mass is 19.3. The number of rotatable bonds is 7. The van der Waals surface area contributed by atoms with Gasteiger partial charge in [-0.15, -0.1) is 0 Å². The van der Waals surface area contributed by atoms with E-state index in [1.54, 1.807) is 6.07 Å². The van der Waals surface area contributed by atoms with Crippen LogP contribution < -0.4 is 20.5 Å². The molecular weight excluding hydrogens is 422 g/mol. The van der Waals surface area contributed by atoms with Crippen molar-refractivity contribution >= 4 is 11.6 Å². The average molecular weight is 442 g/mol. The molecule has 0 spiro atoms. The van der Waals surface area contributed by atoms with Crippen LogP contribution in [0.2, 0.25) is 0 Å². The molecule has 12 heteroatoms. The molecular formula is C20H20F2N8O2. The van der Waals surface area contributed by atoms with Gasteiger partial charge in [-0.2, -0.15) is 10.4 Å². The molecule has 4 N–H and O–H groups in total. The first-order valence-corrected chi connectivity index (χ1v) is 9.81. The number of alkyl halides is 2. The van der Waals surface area contributed by atoms with Gasteiger partial charge in [0.15, 0.2) is 11.5 Å². The maximum absolute atomic E-state index is 13.4. The number of pyridine rings is 1. The van der Waals surface area contributed by atoms with E-state index in [1.807, 2.05) is 6.07 Å². The highest BCUT2D eigenvalue weighted by Crippen LogP contribution is 2.41. The van der Waals surface area contributed by atoms with E-state index in [2.05, 4.69) is 30.5 Å². The van der Waals surface area contributed by atoms with Gasteiger partial charge in [0.05, 0.1) is 25.2 Å². The van der Waals surface area contributed by atoms with Gasteiger partial charge in [0, 0.05) is 18.2 Å². The monoisotopic (exact) mass is 442 g/mol. The summed E-state index contributed by atoms with van der Waals surface area (Å²) in [5, 5.41) is 18.8. The van der Waals surface area contributed by atoms with Crippen molar-refractivity contribution in [2.24, 2.45) is 5.73 Å². The number of aromatic nitrogens is 5. The molecule has 2 atom stereocenters. The van der Waals surface area contributed by atoms with Crippen LogP contribution in [0, 0.1) is 11.3 Å². The van der Waals surface area contributed by atoms with E-state index in [1.165, 1.54) is 25.6 Å². The summed E-state index contributed by atoms with van der Waals surface area (Å²) in [4.78, 5) is 11.9. The molecule has 32 heavy (non-hydrogen) atoms. The van der Waals surface area contributed by atoms with E-state index in [9.17, 15) is 8.78 Å². The normalized spacial score (nSPS) is 17.9. The summed E-state index contributed by atoms with van der Waals surface area (Å²) in [6, 6.07) is 4.75. The Balaban J connectivity index is 1.67. The number of nitrogens with two attached hydrogens (primary N) is 1. The number of nitrogens with one attached hydrogen (secondary N) is 2. The molecule has 10 nitrogen and oxygen atoms in total. The fraction of sp³-hybridized carbons (Fsp3) is 0.350. The van der Waals surface area contributed by atoms with Crippen molar-refractivity contribution < 1.29 is 18.3 Å². The third-order valence-corrected chi connectivity index (χ3v) is 4.98. The fourth-order valence-corrected chi connectivity index (χ4v) is 3.47. The van der Waals surface area contributed by atoms with Crippen molar-refractivity contribution in [3.8, 4) is 29.0 Å². The van der Waals surface area contributed by atoms with Gasteiger partial charge < -0.3 is 20.5 Å². The number of hydrogen-bond acceptors (Lipinski definition) is 9. The quantitative estimate of drug-likeness (QED) is 0.502. The van der Waals surface area contributed by atoms with Gasteiger partial charge in [-0.25, -0.2) is 23.7 Å². The molecule has 1 aliphatic carbocycles. The van der Waals surface area contributed by atoms with Gasteiger partial charge in [0.1, 0.15) is 35.0 Å². The van der Waals surface area contributed by atoms with Gasteiger partial charge in [0.2, 0.25) is 5.88 Å². The predicted molar refractivity (Wildman–Crippen MR) is 110 cm³/mol. The smallest absolute Gasteiger partial charge is 0.280 e. The van der Waals surface area contributed by atoms with Crippen molar-refractivity contribution in [2.45, 2.75) is 37.8 Å². The highest BCUT2D eigenvalue weighted by molar-refractivity contribution is 5.75. The average Bonchev–Trinajstić information content (AvgIpc) is 3.42. The van der Waals surface area contributed by atoms with Crippen LogP contribution in [0.1, 0.15) is 37.1 Å². The van der Waals surface area contributed by atoms with Gasteiger partial charge in [0.25, 0.3) is 6.43 Å². The molecule has 0 aliphatic heterocycles. The Bertz CT molecular complexity index is 1130. The maximum atomic E-state index is 13.4. The van der Waals surface area contributed by atoms with E-state index in [-0.39, 0.29) is 29.5 Å². The van der Waals surface area contributed by atoms with Crippen LogP contribution in [-0.4, -0.2) is 44.4 Å². The van der Waals surface area contributed by atoms with Crippen LogP contribution >= 0.6 is 0 Å². The Morgan fingerprint density at radius 3 is 2.72 bits per heavy atom. The lowest BCUT2D eigenvalue weighted by Crippen LogP contribution is -2.19. The minimum absolute atomic E-state index is 0.0123. The van der Waals surface area contributed by atoms with Crippen LogP contribution in [0.5, 0.6) is 11.6 Å². The fourth-order valence-electron chi connectivity index (χ4n) is 3.47. The molecule has 3 aromatic heterocycles. The van der Waals surface area contributed by atoms with Gasteiger partial charge >= 0.3 is 0 Å². The zero-order chi connectivity index (χ0) is 22.7. The Labute approximate surface area is 181 Å². The van der Waals surface area contributed by atoms with Crippen molar-refractivity contribution in [1.29, 1.82) is 5.26 Å². The van der Waals surface area contributed by atoms with Gasteiger partial charge in [-0.1, -0.05) is 0 Å². The number of nitrogens with zero attached hydrogens (tertiary/aromatic N) is 5. The van der Waals surface area contributed by atoms with E-state index in [4.69, 9.17) is 20.5 Å². The Kier molecular flexibility index (Phi) is 6.09. The molecule has 3 aromatic rings. The third kappa shape index (κ3) is 4.57. The lowest BCUT2D eigenvalue weighted by atomic mass is 10.1. The van der Waals surface area contributed by atoms with Gasteiger partial charge in [-0.3, -0.25) is 5.10 Å². The molecule has 1 aliphatic rings. The number of anilines is 2. The van der Waals surface area contributed by atoms with Crippen LogP contribution in [0.25, 0.3) is 11.3 Å². The molecule has 0 saturated heterocycles. The number of ether oxygens (including phenoxy) is 2. The summed E-state index contributed by atoms with van der Waals surface area (Å²) in [7, 11) is 1.35. The van der Waals surface area contributed by atoms with Crippen molar-refractivity contribution in [3.63, 3.8) is 0 Å². The molecule has 0 radical (unpaired) electrons. The predicted octanol–water partition coefficient (Wildman–Crippen LogP) is 3.08. The molecule has 1 saturated carbocycles. The largest absolute Gasteiger partial charge is 0.489 e. The second-order valence-electron chi connectivity index (χ2n) is 7.23. The summed E-state index contributed by atoms with van der Waals surface area (Å²) < 4.78 is 38.2. The molecule has 166 valence electrons. The molecule has 4 rings (SSSR count). The molecule has 0 aromatic carbocycles. The third-order valence-electron chi connectivity index (χ3n) is 4.98. The van der Waals surface area contributed by atoms with Gasteiger partial charge in [-0.05, 0) is 19.3 Å². The Morgan fingerprint density at radius 1 is 1.25 bits per heavy atom. The number of hydrogen-bond donors (Lipinski definition) is 3. The van der Waals surface area contributed by atoms with E-state index in [0.29, 0.717) is 29.3 Å². The minimum atomic E-state index is -2.79. The van der Waals surface area contributed by atoms with E-state index in [0.717, 1.165) is 12.8 Å². The summed E-state index contributed by atoms with van der Waals surface area (Å²) in [5.41, 5.74) is 6.50. The van der Waals surface area contributed by atoms with E-state index >= 15 is 0 Å². The summed E-state index contributed by atoms with van der Waals surface area (Å²) in [5.74, 6) is 0.942. The standard InChI is InChI=1S/C20H20F2N8O2/c1-31-20-18(13-6-16(30-29-13)28-17-9-25-11(7-23)8-26-17)15(5-14(27-20)19(21)22)32-12-3-2-10(24)4-12/h5-6,8-10,12,19H,2-4,24H2,1H3,(H2,26,28,29,30)/t10-,12+/m0/s1. The van der Waals surface area contributed by atoms with Crippen LogP contribution in [0.3, 0.4) is 0 Å². The first-order chi connectivity index (χ1) is 15.5. The van der Waals surface area contributed by atoms with E-state index < -0.39 is 12.1 Å². The minimum Gasteiger partial charge on any atom is -0.489 e. The topological polar surface area (TPSA) is 148 Å². The maximum Gasteiger partial charge on any atom is 0.280 e. The van der Waals surface area contributed by atoms with Crippen LogP contribution in [0.4, 0.5) is 20.4 Å². The molecule has 0 bridgehead atoms. The SMILES string of the molecule is COc1nc(C(F)F)cc(O[C@@H]2CC[C@H](N)C2)c1-c1cc(Nc2cnc(C#N)cn2)n[nH]1. The number of H-pyrrole nitrogens is 1. The number of nitriles is 1. The Morgan fingerprint density at radius 2 is 2.09 bits per heavy atom. The molecule has 3 heterocycles. The Hall–Kier alpha value is -3.85. The second kappa shape index (κ2) is 9.11. The first-order valence-electron chi connectivity index (χ1n) is 9.81. The van der Waals surface area contributed by atoms with Crippen molar-refractivity contribution in [2.75, 3.05) is 12.4 Å². The summed E-state index contributed by atoms with van der Waals surface area (Å²) in [6.45, 7) is 0. The lowest BCUT2D eigenvalue weighted by molar-refractivity contribution is 0.143. The second-order valence-corrected chi connectivity index (χ2v) is 7.23. The first kappa shape index (κ1) is 21.4. The van der Waals surface area contributed by atoms with Crippen molar-refractivity contribution in [1.82, 2.24) is 25.1 Å². The van der Waals surface area contributed by atoms with Crippen molar-refractivity contribution in [3.05, 3.63) is 35.9 Å². The van der Waals surface area contributed by atoms with Crippen LogP contribution in [-0.2, 0) is 0 Å². The molecule has 0 amide bonds. The number of methoxy groups -OCH3 is 1.